The van der Waals surface area contributed by atoms with Gasteiger partial charge in [0.25, 0.3) is 0 Å². The van der Waals surface area contributed by atoms with Crippen LogP contribution in [0.5, 0.6) is 0 Å². The van der Waals surface area contributed by atoms with Gasteiger partial charge in [-0.2, -0.15) is 4.37 Å². The Morgan fingerprint density at radius 1 is 1.21 bits per heavy atom. The normalized spacial score (nSPS) is 26.0. The van der Waals surface area contributed by atoms with E-state index in [1.165, 1.54) is 24.4 Å². The van der Waals surface area contributed by atoms with E-state index in [-0.39, 0.29) is 0 Å². The number of ether oxygens (including phenoxy) is 1. The molecule has 3 heterocycles. The van der Waals surface area contributed by atoms with Crippen LogP contribution in [0, 0.1) is 5.41 Å². The summed E-state index contributed by atoms with van der Waals surface area (Å²) in [6, 6.07) is 1.09. The largest absolute Gasteiger partial charge is 0.379 e. The highest BCUT2D eigenvalue weighted by molar-refractivity contribution is 7.12. The van der Waals surface area contributed by atoms with Crippen molar-refractivity contribution in [2.75, 3.05) is 26.3 Å². The molecule has 4 rings (SSSR count). The zero-order chi connectivity index (χ0) is 16.5. The van der Waals surface area contributed by atoms with Crippen LogP contribution in [0.2, 0.25) is 0 Å². The van der Waals surface area contributed by atoms with Gasteiger partial charge in [-0.25, -0.2) is 4.98 Å². The highest BCUT2D eigenvalue weighted by atomic mass is 32.1. The van der Waals surface area contributed by atoms with Gasteiger partial charge in [-0.15, -0.1) is 0 Å². The molecule has 2 fully saturated rings. The van der Waals surface area contributed by atoms with E-state index in [1.807, 2.05) is 6.33 Å². The van der Waals surface area contributed by atoms with Gasteiger partial charge in [-0.3, -0.25) is 10.3 Å². The SMILES string of the molecule is CCc1nsc2ncn([C@H]3CC[C@H](N4CCOCC4)CC3)c(=N)c12. The second kappa shape index (κ2) is 6.90. The lowest BCUT2D eigenvalue weighted by atomic mass is 9.89. The minimum Gasteiger partial charge on any atom is -0.379 e. The number of hydrogen-bond donors (Lipinski definition) is 1. The molecule has 130 valence electrons. The van der Waals surface area contributed by atoms with Crippen molar-refractivity contribution in [1.82, 2.24) is 18.8 Å². The van der Waals surface area contributed by atoms with E-state index >= 15 is 0 Å². The molecule has 0 atom stereocenters. The third-order valence-electron chi connectivity index (χ3n) is 5.50. The fourth-order valence-electron chi connectivity index (χ4n) is 4.10. The molecule has 0 spiro atoms. The Kier molecular flexibility index (Phi) is 4.65. The highest BCUT2D eigenvalue weighted by Gasteiger charge is 2.28. The molecular weight excluding hydrogens is 322 g/mol. The number of nitrogens with zero attached hydrogens (tertiary/aromatic N) is 4. The Balaban J connectivity index is 1.52. The number of morpholine rings is 1. The lowest BCUT2D eigenvalue weighted by molar-refractivity contribution is 0.00530. The Morgan fingerprint density at radius 2 is 1.92 bits per heavy atom. The summed E-state index contributed by atoms with van der Waals surface area (Å²) in [5, 5.41) is 9.60. The third kappa shape index (κ3) is 2.89. The molecule has 1 saturated carbocycles. The van der Waals surface area contributed by atoms with Crippen LogP contribution in [-0.4, -0.2) is 51.2 Å². The van der Waals surface area contributed by atoms with Gasteiger partial charge in [-0.1, -0.05) is 6.92 Å². The number of aromatic nitrogens is 3. The molecule has 0 aromatic carbocycles. The molecule has 0 bridgehead atoms. The molecular formula is C17H25N5OS. The standard InChI is InChI=1S/C17H25N5OS/c1-2-14-15-16(18)22(11-19-17(15)24-20-14)13-5-3-12(4-6-13)21-7-9-23-10-8-21/h11-13,18H,2-10H2,1H3/t12-,13-. The maximum absolute atomic E-state index is 8.65. The number of nitrogens with one attached hydrogen (secondary N) is 1. The first-order valence-corrected chi connectivity index (χ1v) is 9.77. The van der Waals surface area contributed by atoms with Crippen molar-refractivity contribution in [2.24, 2.45) is 0 Å². The summed E-state index contributed by atoms with van der Waals surface area (Å²) in [5.74, 6) is 0. The maximum Gasteiger partial charge on any atom is 0.149 e. The quantitative estimate of drug-likeness (QED) is 0.925. The smallest absolute Gasteiger partial charge is 0.149 e. The van der Waals surface area contributed by atoms with E-state index in [0.717, 1.165) is 61.5 Å². The van der Waals surface area contributed by atoms with Crippen LogP contribution in [0.4, 0.5) is 0 Å². The van der Waals surface area contributed by atoms with Gasteiger partial charge in [0.2, 0.25) is 0 Å². The van der Waals surface area contributed by atoms with Crippen molar-refractivity contribution >= 4 is 21.7 Å². The summed E-state index contributed by atoms with van der Waals surface area (Å²) >= 11 is 1.41. The minimum atomic E-state index is 0.399. The summed E-state index contributed by atoms with van der Waals surface area (Å²) in [6.07, 6.45) is 7.40. The van der Waals surface area contributed by atoms with Gasteiger partial charge in [0.15, 0.2) is 0 Å². The summed E-state index contributed by atoms with van der Waals surface area (Å²) in [5.41, 5.74) is 1.62. The van der Waals surface area contributed by atoms with Crippen LogP contribution in [0.1, 0.15) is 44.3 Å². The van der Waals surface area contributed by atoms with Crippen molar-refractivity contribution in [3.8, 4) is 0 Å². The van der Waals surface area contributed by atoms with E-state index in [4.69, 9.17) is 10.1 Å². The molecule has 1 N–H and O–H groups in total. The average Bonchev–Trinajstić information content (AvgIpc) is 3.07. The lowest BCUT2D eigenvalue weighted by Crippen LogP contribution is -2.45. The molecule has 2 aliphatic rings. The fourth-order valence-corrected chi connectivity index (χ4v) is 4.92. The zero-order valence-corrected chi connectivity index (χ0v) is 15.0. The highest BCUT2D eigenvalue weighted by Crippen LogP contribution is 2.31. The Morgan fingerprint density at radius 3 is 2.62 bits per heavy atom. The van der Waals surface area contributed by atoms with Crippen LogP contribution in [0.15, 0.2) is 6.33 Å². The minimum absolute atomic E-state index is 0.399. The maximum atomic E-state index is 8.65. The van der Waals surface area contributed by atoms with Crippen LogP contribution < -0.4 is 5.49 Å². The first kappa shape index (κ1) is 16.2. The van der Waals surface area contributed by atoms with Crippen molar-refractivity contribution in [1.29, 1.82) is 5.41 Å². The Bertz CT molecular complexity index is 756. The summed E-state index contributed by atoms with van der Waals surface area (Å²) < 4.78 is 12.0. The second-order valence-electron chi connectivity index (χ2n) is 6.77. The van der Waals surface area contributed by atoms with Gasteiger partial charge in [0, 0.05) is 25.2 Å². The van der Waals surface area contributed by atoms with E-state index in [9.17, 15) is 0 Å². The average molecular weight is 347 g/mol. The van der Waals surface area contributed by atoms with Crippen LogP contribution >= 0.6 is 11.5 Å². The third-order valence-corrected chi connectivity index (χ3v) is 6.29. The topological polar surface area (TPSA) is 67.0 Å². The van der Waals surface area contributed by atoms with Crippen molar-refractivity contribution in [2.45, 2.75) is 51.1 Å². The van der Waals surface area contributed by atoms with Gasteiger partial charge in [0.1, 0.15) is 10.3 Å². The molecule has 0 amide bonds. The Hall–Kier alpha value is -1.31. The number of fused-ring (bicyclic) bond motifs is 1. The zero-order valence-electron chi connectivity index (χ0n) is 14.2. The predicted molar refractivity (Wildman–Crippen MR) is 94.3 cm³/mol. The monoisotopic (exact) mass is 347 g/mol. The molecule has 1 saturated heterocycles. The van der Waals surface area contributed by atoms with Gasteiger partial charge >= 0.3 is 0 Å². The van der Waals surface area contributed by atoms with E-state index in [2.05, 4.69) is 25.7 Å². The van der Waals surface area contributed by atoms with Crippen molar-refractivity contribution in [3.63, 3.8) is 0 Å². The second-order valence-corrected chi connectivity index (χ2v) is 7.53. The van der Waals surface area contributed by atoms with Crippen molar-refractivity contribution in [3.05, 3.63) is 17.5 Å². The molecule has 1 aliphatic heterocycles. The summed E-state index contributed by atoms with van der Waals surface area (Å²) in [4.78, 5) is 8.05. The molecule has 0 unspecified atom stereocenters. The summed E-state index contributed by atoms with van der Waals surface area (Å²) in [6.45, 7) is 5.98. The predicted octanol–water partition coefficient (Wildman–Crippen LogP) is 2.35. The van der Waals surface area contributed by atoms with Crippen molar-refractivity contribution < 1.29 is 4.74 Å². The molecule has 0 radical (unpaired) electrons. The molecule has 6 nitrogen and oxygen atoms in total. The molecule has 1 aliphatic carbocycles. The van der Waals surface area contributed by atoms with Gasteiger partial charge in [0.05, 0.1) is 30.6 Å². The molecule has 7 heteroatoms. The Labute approximate surface area is 146 Å². The fraction of sp³-hybridized carbons (Fsp3) is 0.706. The van der Waals surface area contributed by atoms with Crippen LogP contribution in [0.3, 0.4) is 0 Å². The van der Waals surface area contributed by atoms with E-state index in [0.29, 0.717) is 17.6 Å². The van der Waals surface area contributed by atoms with Gasteiger partial charge < -0.3 is 9.30 Å². The van der Waals surface area contributed by atoms with E-state index in [1.54, 1.807) is 0 Å². The lowest BCUT2D eigenvalue weighted by Gasteiger charge is -2.39. The summed E-state index contributed by atoms with van der Waals surface area (Å²) in [7, 11) is 0. The molecule has 24 heavy (non-hydrogen) atoms. The van der Waals surface area contributed by atoms with Gasteiger partial charge in [-0.05, 0) is 43.6 Å². The van der Waals surface area contributed by atoms with Crippen LogP contribution in [-0.2, 0) is 11.2 Å². The van der Waals surface area contributed by atoms with Crippen LogP contribution in [0.25, 0.3) is 10.2 Å². The first-order chi connectivity index (χ1) is 11.8. The first-order valence-electron chi connectivity index (χ1n) is 8.99. The molecule has 2 aromatic rings. The van der Waals surface area contributed by atoms with E-state index < -0.39 is 0 Å². The number of rotatable bonds is 3. The molecule has 2 aromatic heterocycles. The number of aryl methyl sites for hydroxylation is 1. The number of hydrogen-bond acceptors (Lipinski definition) is 6.